The predicted octanol–water partition coefficient (Wildman–Crippen LogP) is 3.13. The Kier molecular flexibility index (Phi) is 5.31. The van der Waals surface area contributed by atoms with Crippen molar-refractivity contribution in [2.75, 3.05) is 0 Å². The van der Waals surface area contributed by atoms with Gasteiger partial charge in [0, 0.05) is 11.6 Å². The first kappa shape index (κ1) is 19.1. The van der Waals surface area contributed by atoms with E-state index in [0.29, 0.717) is 21.9 Å². The lowest BCUT2D eigenvalue weighted by Crippen LogP contribution is -2.26. The van der Waals surface area contributed by atoms with Crippen LogP contribution < -0.4 is 10.5 Å². The van der Waals surface area contributed by atoms with Crippen LogP contribution in [0.2, 0.25) is 5.02 Å². The van der Waals surface area contributed by atoms with Crippen molar-refractivity contribution in [1.82, 2.24) is 10.5 Å². The van der Waals surface area contributed by atoms with Crippen LogP contribution in [-0.4, -0.2) is 19.5 Å². The molecule has 7 nitrogen and oxygen atoms in total. The van der Waals surface area contributed by atoms with E-state index in [2.05, 4.69) is 10.5 Å². The number of benzene rings is 2. The van der Waals surface area contributed by atoms with Gasteiger partial charge >= 0.3 is 0 Å². The molecule has 0 radical (unpaired) electrons. The number of sulfonamides is 1. The molecule has 0 saturated heterocycles. The van der Waals surface area contributed by atoms with Gasteiger partial charge in [0.25, 0.3) is 5.91 Å². The van der Waals surface area contributed by atoms with Crippen molar-refractivity contribution in [3.8, 4) is 11.3 Å². The van der Waals surface area contributed by atoms with Gasteiger partial charge in [0.2, 0.25) is 10.0 Å². The Bertz CT molecular complexity index is 1080. The maximum absolute atomic E-state index is 12.4. The third-order valence-corrected chi connectivity index (χ3v) is 5.20. The molecule has 1 atom stereocenters. The molecule has 0 saturated carbocycles. The van der Waals surface area contributed by atoms with Crippen LogP contribution in [-0.2, 0) is 10.0 Å². The fraction of sp³-hybridized carbons (Fsp3) is 0.111. The summed E-state index contributed by atoms with van der Waals surface area (Å²) in [5.41, 5.74) is 1.46. The normalized spacial score (nSPS) is 12.6. The highest BCUT2D eigenvalue weighted by Gasteiger charge is 2.18. The highest BCUT2D eigenvalue weighted by Crippen LogP contribution is 2.28. The molecule has 0 spiro atoms. The topological polar surface area (TPSA) is 115 Å². The Morgan fingerprint density at radius 3 is 2.48 bits per heavy atom. The van der Waals surface area contributed by atoms with Crippen LogP contribution in [0, 0.1) is 0 Å². The van der Waals surface area contributed by atoms with Gasteiger partial charge < -0.3 is 9.84 Å². The van der Waals surface area contributed by atoms with Gasteiger partial charge in [-0.25, -0.2) is 13.6 Å². The second-order valence-corrected chi connectivity index (χ2v) is 7.83. The molecule has 1 amide bonds. The highest BCUT2D eigenvalue weighted by atomic mass is 35.5. The number of nitrogens with zero attached hydrogens (tertiary/aromatic N) is 1. The summed E-state index contributed by atoms with van der Waals surface area (Å²) in [6, 6.07) is 14.1. The molecule has 2 aromatic carbocycles. The molecule has 140 valence electrons. The molecule has 0 bridgehead atoms. The van der Waals surface area contributed by atoms with Crippen molar-refractivity contribution in [3.63, 3.8) is 0 Å². The van der Waals surface area contributed by atoms with Crippen LogP contribution in [0.5, 0.6) is 0 Å². The molecule has 1 heterocycles. The Morgan fingerprint density at radius 2 is 1.85 bits per heavy atom. The maximum Gasteiger partial charge on any atom is 0.273 e. The highest BCUT2D eigenvalue weighted by molar-refractivity contribution is 7.89. The SMILES string of the molecule is CC(NC(=O)c1cc(-c2ccccc2Cl)on1)c1ccc(S(N)(=O)=O)cc1. The number of amides is 1. The van der Waals surface area contributed by atoms with Gasteiger partial charge in [-0.05, 0) is 36.8 Å². The number of carbonyl (C=O) groups excluding carboxylic acids is 1. The van der Waals surface area contributed by atoms with E-state index >= 15 is 0 Å². The molecular weight excluding hydrogens is 390 g/mol. The lowest BCUT2D eigenvalue weighted by Gasteiger charge is -2.13. The smallest absolute Gasteiger partial charge is 0.273 e. The number of rotatable bonds is 5. The van der Waals surface area contributed by atoms with E-state index in [1.807, 2.05) is 0 Å². The molecule has 3 aromatic rings. The summed E-state index contributed by atoms with van der Waals surface area (Å²) in [5, 5.41) is 12.1. The fourth-order valence-electron chi connectivity index (χ4n) is 2.47. The standard InChI is InChI=1S/C18H16ClN3O4S/c1-11(12-6-8-13(9-7-12)27(20,24)25)21-18(23)16-10-17(26-22-16)14-4-2-3-5-15(14)19/h2-11H,1H3,(H,21,23)(H2,20,24,25). The molecule has 27 heavy (non-hydrogen) atoms. The molecule has 3 rings (SSSR count). The lowest BCUT2D eigenvalue weighted by atomic mass is 10.1. The number of hydrogen-bond acceptors (Lipinski definition) is 5. The summed E-state index contributed by atoms with van der Waals surface area (Å²) in [7, 11) is -3.76. The molecule has 3 N–H and O–H groups in total. The molecule has 0 fully saturated rings. The van der Waals surface area contributed by atoms with Crippen LogP contribution >= 0.6 is 11.6 Å². The first-order valence-electron chi connectivity index (χ1n) is 7.91. The van der Waals surface area contributed by atoms with Gasteiger partial charge in [-0.1, -0.05) is 41.0 Å². The van der Waals surface area contributed by atoms with Crippen LogP contribution in [0.25, 0.3) is 11.3 Å². The quantitative estimate of drug-likeness (QED) is 0.676. The van der Waals surface area contributed by atoms with Gasteiger partial charge in [0.15, 0.2) is 11.5 Å². The first-order valence-corrected chi connectivity index (χ1v) is 9.83. The monoisotopic (exact) mass is 405 g/mol. The Morgan fingerprint density at radius 1 is 1.19 bits per heavy atom. The maximum atomic E-state index is 12.4. The minimum absolute atomic E-state index is 0.00524. The Balaban J connectivity index is 1.73. The minimum Gasteiger partial charge on any atom is -0.355 e. The van der Waals surface area contributed by atoms with Gasteiger partial charge in [-0.3, -0.25) is 4.79 Å². The van der Waals surface area contributed by atoms with Crippen molar-refractivity contribution < 1.29 is 17.7 Å². The molecule has 0 aliphatic heterocycles. The van der Waals surface area contributed by atoms with E-state index in [4.69, 9.17) is 21.3 Å². The van der Waals surface area contributed by atoms with Crippen molar-refractivity contribution in [2.45, 2.75) is 17.9 Å². The van der Waals surface area contributed by atoms with Crippen molar-refractivity contribution in [3.05, 3.63) is 70.9 Å². The van der Waals surface area contributed by atoms with Crippen LogP contribution in [0.15, 0.2) is 64.0 Å². The van der Waals surface area contributed by atoms with E-state index < -0.39 is 15.9 Å². The number of carbonyl (C=O) groups is 1. The summed E-state index contributed by atoms with van der Waals surface area (Å²) >= 11 is 6.12. The zero-order chi connectivity index (χ0) is 19.6. The third kappa shape index (κ3) is 4.36. The second-order valence-electron chi connectivity index (χ2n) is 5.87. The van der Waals surface area contributed by atoms with Gasteiger partial charge in [0.1, 0.15) is 0 Å². The lowest BCUT2D eigenvalue weighted by molar-refractivity contribution is 0.0931. The van der Waals surface area contributed by atoms with Crippen molar-refractivity contribution in [1.29, 1.82) is 0 Å². The van der Waals surface area contributed by atoms with Crippen LogP contribution in [0.4, 0.5) is 0 Å². The summed E-state index contributed by atoms with van der Waals surface area (Å²) in [6.07, 6.45) is 0. The molecular formula is C18H16ClN3O4S. The number of hydrogen-bond donors (Lipinski definition) is 2. The third-order valence-electron chi connectivity index (χ3n) is 3.94. The average Bonchev–Trinajstić information content (AvgIpc) is 3.11. The molecule has 9 heteroatoms. The number of primary sulfonamides is 1. The number of halogens is 1. The van der Waals surface area contributed by atoms with Crippen LogP contribution in [0.3, 0.4) is 0 Å². The summed E-state index contributed by atoms with van der Waals surface area (Å²) in [5.74, 6) is -0.0454. The fourth-order valence-corrected chi connectivity index (χ4v) is 3.21. The number of nitrogens with one attached hydrogen (secondary N) is 1. The molecule has 0 aliphatic rings. The largest absolute Gasteiger partial charge is 0.355 e. The average molecular weight is 406 g/mol. The van der Waals surface area contributed by atoms with E-state index in [-0.39, 0.29) is 16.6 Å². The molecule has 0 aliphatic carbocycles. The van der Waals surface area contributed by atoms with E-state index in [1.54, 1.807) is 43.3 Å². The zero-order valence-corrected chi connectivity index (χ0v) is 15.8. The summed E-state index contributed by atoms with van der Waals surface area (Å²) < 4.78 is 27.8. The van der Waals surface area contributed by atoms with Crippen LogP contribution in [0.1, 0.15) is 29.0 Å². The van der Waals surface area contributed by atoms with E-state index in [9.17, 15) is 13.2 Å². The zero-order valence-electron chi connectivity index (χ0n) is 14.2. The Labute approximate surface area is 161 Å². The summed E-state index contributed by atoms with van der Waals surface area (Å²) in [4.78, 5) is 12.4. The second kappa shape index (κ2) is 7.51. The number of nitrogens with two attached hydrogens (primary N) is 1. The minimum atomic E-state index is -3.76. The van der Waals surface area contributed by atoms with Crippen molar-refractivity contribution >= 4 is 27.5 Å². The number of aromatic nitrogens is 1. The van der Waals surface area contributed by atoms with Gasteiger partial charge in [0.05, 0.1) is 16.0 Å². The molecule has 1 aromatic heterocycles. The molecule has 1 unspecified atom stereocenters. The van der Waals surface area contributed by atoms with E-state index in [0.717, 1.165) is 0 Å². The van der Waals surface area contributed by atoms with Crippen molar-refractivity contribution in [2.24, 2.45) is 5.14 Å². The first-order chi connectivity index (χ1) is 12.8. The Hall–Kier alpha value is -2.68. The van der Waals surface area contributed by atoms with Gasteiger partial charge in [-0.2, -0.15) is 0 Å². The predicted molar refractivity (Wildman–Crippen MR) is 101 cm³/mol. The summed E-state index contributed by atoms with van der Waals surface area (Å²) in [6.45, 7) is 1.76. The van der Waals surface area contributed by atoms with Gasteiger partial charge in [-0.15, -0.1) is 0 Å². The van der Waals surface area contributed by atoms with E-state index in [1.165, 1.54) is 18.2 Å².